The molecule has 0 spiro atoms. The van der Waals surface area contributed by atoms with Crippen molar-refractivity contribution in [2.24, 2.45) is 5.73 Å². The van der Waals surface area contributed by atoms with Gasteiger partial charge in [-0.15, -0.1) is 0 Å². The minimum Gasteiger partial charge on any atom is -0.493 e. The van der Waals surface area contributed by atoms with Crippen LogP contribution >= 0.6 is 0 Å². The van der Waals surface area contributed by atoms with Crippen molar-refractivity contribution in [1.82, 2.24) is 0 Å². The van der Waals surface area contributed by atoms with Crippen LogP contribution < -0.4 is 10.5 Å². The summed E-state index contributed by atoms with van der Waals surface area (Å²) in [6.45, 7) is 2.94. The van der Waals surface area contributed by atoms with E-state index in [1.807, 2.05) is 12.1 Å². The first-order chi connectivity index (χ1) is 6.83. The molecule has 1 aromatic carbocycles. The predicted molar refractivity (Wildman–Crippen MR) is 57.6 cm³/mol. The highest BCUT2D eigenvalue weighted by Crippen LogP contribution is 2.35. The Bertz CT molecular complexity index is 311. The summed E-state index contributed by atoms with van der Waals surface area (Å²) < 4.78 is 5.59. The van der Waals surface area contributed by atoms with E-state index in [1.54, 1.807) is 0 Å². The summed E-state index contributed by atoms with van der Waals surface area (Å²) in [6, 6.07) is 8.50. The van der Waals surface area contributed by atoms with Crippen molar-refractivity contribution in [3.05, 3.63) is 29.8 Å². The Labute approximate surface area is 85.1 Å². The first kappa shape index (κ1) is 9.53. The first-order valence-corrected chi connectivity index (χ1v) is 5.30. The lowest BCUT2D eigenvalue weighted by Crippen LogP contribution is -2.31. The molecule has 0 aliphatic carbocycles. The lowest BCUT2D eigenvalue weighted by atomic mass is 9.86. The van der Waals surface area contributed by atoms with Crippen LogP contribution in [-0.2, 0) is 0 Å². The monoisotopic (exact) mass is 191 g/mol. The van der Waals surface area contributed by atoms with Crippen LogP contribution in [-0.4, -0.2) is 12.6 Å². The molecule has 0 fully saturated rings. The fraction of sp³-hybridized carbons (Fsp3) is 0.500. The van der Waals surface area contributed by atoms with Crippen LogP contribution in [0.2, 0.25) is 0 Å². The van der Waals surface area contributed by atoms with Crippen molar-refractivity contribution < 1.29 is 4.74 Å². The molecule has 1 aliphatic rings. The van der Waals surface area contributed by atoms with Crippen LogP contribution in [0.5, 0.6) is 5.75 Å². The predicted octanol–water partition coefficient (Wildman–Crippen LogP) is 2.29. The molecule has 1 unspecified atom stereocenters. The van der Waals surface area contributed by atoms with Crippen LogP contribution in [0, 0.1) is 0 Å². The van der Waals surface area contributed by atoms with E-state index in [-0.39, 0.29) is 6.04 Å². The van der Waals surface area contributed by atoms with Gasteiger partial charge in [-0.05, 0) is 24.5 Å². The molecule has 14 heavy (non-hydrogen) atoms. The van der Waals surface area contributed by atoms with E-state index in [1.165, 1.54) is 5.56 Å². The van der Waals surface area contributed by atoms with E-state index in [4.69, 9.17) is 10.5 Å². The molecule has 0 aromatic heterocycles. The molecule has 0 saturated heterocycles. The second-order valence-corrected chi connectivity index (χ2v) is 3.85. The summed E-state index contributed by atoms with van der Waals surface area (Å²) in [5.41, 5.74) is 7.39. The zero-order valence-corrected chi connectivity index (χ0v) is 8.57. The summed E-state index contributed by atoms with van der Waals surface area (Å²) >= 11 is 0. The SMILES string of the molecule is CC[C@H](N)C1CCOc2ccccc21. The van der Waals surface area contributed by atoms with Crippen LogP contribution in [0.1, 0.15) is 31.2 Å². The van der Waals surface area contributed by atoms with Crippen LogP contribution in [0.25, 0.3) is 0 Å². The number of nitrogens with two attached hydrogens (primary N) is 1. The number of rotatable bonds is 2. The van der Waals surface area contributed by atoms with Gasteiger partial charge in [0, 0.05) is 12.0 Å². The third kappa shape index (κ3) is 1.62. The van der Waals surface area contributed by atoms with Crippen molar-refractivity contribution in [1.29, 1.82) is 0 Å². The van der Waals surface area contributed by atoms with Gasteiger partial charge in [-0.3, -0.25) is 0 Å². The van der Waals surface area contributed by atoms with E-state index in [9.17, 15) is 0 Å². The summed E-state index contributed by atoms with van der Waals surface area (Å²) in [7, 11) is 0. The largest absolute Gasteiger partial charge is 0.493 e. The standard InChI is InChI=1S/C12H17NO/c1-2-11(13)9-7-8-14-12-6-4-3-5-10(9)12/h3-6,9,11H,2,7-8,13H2,1H3/t9?,11-/m0/s1. The molecule has 2 rings (SSSR count). The fourth-order valence-corrected chi connectivity index (χ4v) is 2.10. The third-order valence-corrected chi connectivity index (χ3v) is 2.99. The number of hydrogen-bond donors (Lipinski definition) is 1. The number of benzene rings is 1. The Kier molecular flexibility index (Phi) is 2.73. The van der Waals surface area contributed by atoms with Crippen molar-refractivity contribution in [3.63, 3.8) is 0 Å². The quantitative estimate of drug-likeness (QED) is 0.778. The Balaban J connectivity index is 2.30. The Morgan fingerprint density at radius 2 is 2.29 bits per heavy atom. The van der Waals surface area contributed by atoms with Gasteiger partial charge < -0.3 is 10.5 Å². The van der Waals surface area contributed by atoms with Crippen molar-refractivity contribution >= 4 is 0 Å². The average molecular weight is 191 g/mol. The Morgan fingerprint density at radius 1 is 1.50 bits per heavy atom. The molecule has 1 aromatic rings. The van der Waals surface area contributed by atoms with E-state index in [2.05, 4.69) is 19.1 Å². The van der Waals surface area contributed by atoms with Gasteiger partial charge in [0.1, 0.15) is 5.75 Å². The lowest BCUT2D eigenvalue weighted by molar-refractivity contribution is 0.254. The zero-order valence-electron chi connectivity index (χ0n) is 8.57. The average Bonchev–Trinajstić information content (AvgIpc) is 2.27. The van der Waals surface area contributed by atoms with Gasteiger partial charge in [0.15, 0.2) is 0 Å². The van der Waals surface area contributed by atoms with Gasteiger partial charge in [0.25, 0.3) is 0 Å². The van der Waals surface area contributed by atoms with E-state index >= 15 is 0 Å². The summed E-state index contributed by atoms with van der Waals surface area (Å²) in [6.07, 6.45) is 2.07. The molecule has 1 heterocycles. The minimum absolute atomic E-state index is 0.264. The summed E-state index contributed by atoms with van der Waals surface area (Å²) in [4.78, 5) is 0. The molecule has 2 heteroatoms. The molecule has 76 valence electrons. The lowest BCUT2D eigenvalue weighted by Gasteiger charge is -2.29. The number of para-hydroxylation sites is 1. The number of ether oxygens (including phenoxy) is 1. The van der Waals surface area contributed by atoms with Crippen molar-refractivity contribution in [3.8, 4) is 5.75 Å². The maximum atomic E-state index is 6.11. The van der Waals surface area contributed by atoms with Crippen LogP contribution in [0.15, 0.2) is 24.3 Å². The van der Waals surface area contributed by atoms with Gasteiger partial charge in [0.2, 0.25) is 0 Å². The Hall–Kier alpha value is -1.02. The van der Waals surface area contributed by atoms with Crippen molar-refractivity contribution in [2.45, 2.75) is 31.7 Å². The number of fused-ring (bicyclic) bond motifs is 1. The van der Waals surface area contributed by atoms with E-state index < -0.39 is 0 Å². The van der Waals surface area contributed by atoms with Crippen molar-refractivity contribution in [2.75, 3.05) is 6.61 Å². The van der Waals surface area contributed by atoms with Gasteiger partial charge in [-0.25, -0.2) is 0 Å². The number of hydrogen-bond acceptors (Lipinski definition) is 2. The topological polar surface area (TPSA) is 35.2 Å². The molecule has 0 amide bonds. The fourth-order valence-electron chi connectivity index (χ4n) is 2.10. The smallest absolute Gasteiger partial charge is 0.122 e. The second kappa shape index (κ2) is 4.01. The highest BCUT2D eigenvalue weighted by molar-refractivity contribution is 5.38. The minimum atomic E-state index is 0.264. The van der Waals surface area contributed by atoms with Crippen LogP contribution in [0.3, 0.4) is 0 Å². The van der Waals surface area contributed by atoms with E-state index in [0.717, 1.165) is 25.2 Å². The highest BCUT2D eigenvalue weighted by Gasteiger charge is 2.25. The van der Waals surface area contributed by atoms with Gasteiger partial charge in [-0.2, -0.15) is 0 Å². The molecule has 2 atom stereocenters. The van der Waals surface area contributed by atoms with Gasteiger partial charge in [0.05, 0.1) is 6.61 Å². The zero-order chi connectivity index (χ0) is 9.97. The Morgan fingerprint density at radius 3 is 3.07 bits per heavy atom. The summed E-state index contributed by atoms with van der Waals surface area (Å²) in [5, 5.41) is 0. The molecule has 0 radical (unpaired) electrons. The third-order valence-electron chi connectivity index (χ3n) is 2.99. The maximum Gasteiger partial charge on any atom is 0.122 e. The molecular formula is C12H17NO. The molecule has 1 aliphatic heterocycles. The van der Waals surface area contributed by atoms with E-state index in [0.29, 0.717) is 5.92 Å². The molecule has 0 bridgehead atoms. The maximum absolute atomic E-state index is 6.11. The molecular weight excluding hydrogens is 174 g/mol. The molecule has 2 nitrogen and oxygen atoms in total. The summed E-state index contributed by atoms with van der Waals surface area (Å²) in [5.74, 6) is 1.50. The van der Waals surface area contributed by atoms with Gasteiger partial charge >= 0.3 is 0 Å². The second-order valence-electron chi connectivity index (χ2n) is 3.85. The molecule has 0 saturated carbocycles. The normalized spacial score (nSPS) is 22.3. The molecule has 2 N–H and O–H groups in total. The first-order valence-electron chi connectivity index (χ1n) is 5.30. The van der Waals surface area contributed by atoms with Crippen LogP contribution in [0.4, 0.5) is 0 Å². The van der Waals surface area contributed by atoms with Gasteiger partial charge in [-0.1, -0.05) is 25.1 Å². The highest BCUT2D eigenvalue weighted by atomic mass is 16.5.